The minimum atomic E-state index is -4.51. The number of imidazole rings is 1. The zero-order valence-corrected chi connectivity index (χ0v) is 16.1. The summed E-state index contributed by atoms with van der Waals surface area (Å²) in [6.07, 6.45) is -2.15. The molecule has 3 aromatic rings. The van der Waals surface area contributed by atoms with Gasteiger partial charge in [-0.2, -0.15) is 13.2 Å². The van der Waals surface area contributed by atoms with Gasteiger partial charge in [-0.3, -0.25) is 4.40 Å². The molecule has 0 unspecified atom stereocenters. The molecule has 0 spiro atoms. The first kappa shape index (κ1) is 18.2. The number of alkyl halides is 3. The fraction of sp³-hybridized carbons (Fsp3) is 0.250. The van der Waals surface area contributed by atoms with E-state index in [-0.39, 0.29) is 11.5 Å². The number of phenols is 1. The predicted molar refractivity (Wildman–Crippen MR) is 93.7 cm³/mol. The average molecular weight is 479 g/mol. The van der Waals surface area contributed by atoms with E-state index < -0.39 is 11.9 Å². The van der Waals surface area contributed by atoms with Gasteiger partial charge in [-0.1, -0.05) is 6.92 Å². The van der Waals surface area contributed by atoms with Crippen molar-refractivity contribution in [2.45, 2.75) is 25.9 Å². The van der Waals surface area contributed by atoms with Crippen LogP contribution in [0.5, 0.6) is 5.75 Å². The van der Waals surface area contributed by atoms with Crippen molar-refractivity contribution >= 4 is 37.6 Å². The third kappa shape index (κ3) is 3.52. The normalized spacial score (nSPS) is 12.1. The highest BCUT2D eigenvalue weighted by atomic mass is 79.9. The predicted octanol–water partition coefficient (Wildman–Crippen LogP) is 5.13. The Morgan fingerprint density at radius 2 is 1.80 bits per heavy atom. The molecule has 0 aliphatic heterocycles. The number of phenolic OH excluding ortho intramolecular Hbond substituents is 1. The van der Waals surface area contributed by atoms with Crippen molar-refractivity contribution in [3.05, 3.63) is 56.0 Å². The van der Waals surface area contributed by atoms with E-state index in [0.717, 1.165) is 17.3 Å². The van der Waals surface area contributed by atoms with Gasteiger partial charge in [0.2, 0.25) is 5.78 Å². The van der Waals surface area contributed by atoms with Crippen LogP contribution in [0.25, 0.3) is 5.78 Å². The summed E-state index contributed by atoms with van der Waals surface area (Å²) < 4.78 is 41.2. The summed E-state index contributed by atoms with van der Waals surface area (Å²) in [5.41, 5.74) is 1.36. The molecule has 3 rings (SSSR count). The Labute approximate surface area is 158 Å². The Balaban J connectivity index is 2.09. The molecule has 2 heterocycles. The van der Waals surface area contributed by atoms with Gasteiger partial charge in [0.25, 0.3) is 0 Å². The Kier molecular flexibility index (Phi) is 4.80. The van der Waals surface area contributed by atoms with Crippen LogP contribution in [0.4, 0.5) is 13.2 Å². The molecule has 9 heteroatoms. The van der Waals surface area contributed by atoms with Gasteiger partial charge >= 0.3 is 6.18 Å². The molecule has 25 heavy (non-hydrogen) atoms. The summed E-state index contributed by atoms with van der Waals surface area (Å²) >= 11 is 6.56. The van der Waals surface area contributed by atoms with Gasteiger partial charge in [0.05, 0.1) is 20.3 Å². The molecule has 0 bridgehead atoms. The van der Waals surface area contributed by atoms with E-state index in [1.165, 1.54) is 6.20 Å². The Hall–Kier alpha value is -1.61. The molecule has 0 saturated heterocycles. The zero-order chi connectivity index (χ0) is 18.4. The number of aryl methyl sites for hydroxylation is 1. The number of hydrogen-bond acceptors (Lipinski definition) is 3. The molecule has 0 atom stereocenters. The van der Waals surface area contributed by atoms with Crippen molar-refractivity contribution in [3.8, 4) is 5.75 Å². The molecule has 0 aliphatic rings. The number of benzene rings is 1. The van der Waals surface area contributed by atoms with Gasteiger partial charge < -0.3 is 5.11 Å². The van der Waals surface area contributed by atoms with Crippen LogP contribution in [0.1, 0.15) is 29.6 Å². The van der Waals surface area contributed by atoms with E-state index in [1.54, 1.807) is 16.5 Å². The largest absolute Gasteiger partial charge is 0.506 e. The molecular formula is C16H12Br2F3N3O. The monoisotopic (exact) mass is 477 g/mol. The van der Waals surface area contributed by atoms with Crippen molar-refractivity contribution in [2.24, 2.45) is 0 Å². The van der Waals surface area contributed by atoms with E-state index >= 15 is 0 Å². The van der Waals surface area contributed by atoms with Gasteiger partial charge in [-0.05, 0) is 62.0 Å². The highest BCUT2D eigenvalue weighted by Crippen LogP contribution is 2.34. The summed E-state index contributed by atoms with van der Waals surface area (Å²) in [4.78, 5) is 7.88. The van der Waals surface area contributed by atoms with E-state index in [1.807, 2.05) is 6.92 Å². The van der Waals surface area contributed by atoms with Gasteiger partial charge in [0, 0.05) is 12.6 Å². The zero-order valence-electron chi connectivity index (χ0n) is 12.9. The van der Waals surface area contributed by atoms with Gasteiger partial charge in [0.1, 0.15) is 11.4 Å². The van der Waals surface area contributed by atoms with Crippen LogP contribution in [0.2, 0.25) is 0 Å². The van der Waals surface area contributed by atoms with Gasteiger partial charge in [0.15, 0.2) is 0 Å². The molecule has 132 valence electrons. The van der Waals surface area contributed by atoms with E-state index in [4.69, 9.17) is 0 Å². The summed E-state index contributed by atoms with van der Waals surface area (Å²) in [6.45, 7) is 1.89. The lowest BCUT2D eigenvalue weighted by molar-refractivity contribution is -0.141. The number of aromatic nitrogens is 3. The first-order valence-electron chi connectivity index (χ1n) is 7.31. The minimum Gasteiger partial charge on any atom is -0.506 e. The van der Waals surface area contributed by atoms with Crippen LogP contribution in [-0.2, 0) is 19.0 Å². The van der Waals surface area contributed by atoms with Crippen molar-refractivity contribution in [3.63, 3.8) is 0 Å². The number of fused-ring (bicyclic) bond motifs is 1. The maximum atomic E-state index is 12.8. The Bertz CT molecular complexity index is 931. The van der Waals surface area contributed by atoms with Gasteiger partial charge in [-0.25, -0.2) is 9.97 Å². The van der Waals surface area contributed by atoms with Crippen molar-refractivity contribution < 1.29 is 18.3 Å². The molecule has 2 aromatic heterocycles. The van der Waals surface area contributed by atoms with Crippen molar-refractivity contribution in [1.82, 2.24) is 14.4 Å². The molecule has 4 nitrogen and oxygen atoms in total. The van der Waals surface area contributed by atoms with Crippen molar-refractivity contribution in [2.75, 3.05) is 0 Å². The van der Waals surface area contributed by atoms with Crippen LogP contribution in [0.15, 0.2) is 33.3 Å². The molecule has 0 saturated carbocycles. The second-order valence-electron chi connectivity index (χ2n) is 5.42. The lowest BCUT2D eigenvalue weighted by Crippen LogP contribution is -2.09. The summed E-state index contributed by atoms with van der Waals surface area (Å²) in [6, 6.07) is 4.47. The first-order chi connectivity index (χ1) is 11.7. The van der Waals surface area contributed by atoms with Crippen molar-refractivity contribution in [1.29, 1.82) is 0 Å². The quantitative estimate of drug-likeness (QED) is 0.567. The highest BCUT2D eigenvalue weighted by Gasteiger charge is 2.33. The number of rotatable bonds is 3. The third-order valence-corrected chi connectivity index (χ3v) is 4.96. The second-order valence-corrected chi connectivity index (χ2v) is 7.13. The highest BCUT2D eigenvalue weighted by molar-refractivity contribution is 9.11. The molecular weight excluding hydrogens is 467 g/mol. The molecule has 0 aliphatic carbocycles. The average Bonchev–Trinajstić information content (AvgIpc) is 2.88. The lowest BCUT2D eigenvalue weighted by Gasteiger charge is -2.09. The molecule has 1 aromatic carbocycles. The van der Waals surface area contributed by atoms with Crippen LogP contribution in [-0.4, -0.2) is 19.5 Å². The minimum absolute atomic E-state index is 0.0265. The number of nitrogens with zero attached hydrogens (tertiary/aromatic N) is 3. The topological polar surface area (TPSA) is 50.4 Å². The fourth-order valence-electron chi connectivity index (χ4n) is 2.57. The van der Waals surface area contributed by atoms with E-state index in [0.29, 0.717) is 27.5 Å². The maximum Gasteiger partial charge on any atom is 0.433 e. The van der Waals surface area contributed by atoms with Gasteiger partial charge in [-0.15, -0.1) is 0 Å². The molecule has 0 fully saturated rings. The maximum absolute atomic E-state index is 12.8. The summed E-state index contributed by atoms with van der Waals surface area (Å²) in [5.74, 6) is 0.118. The van der Waals surface area contributed by atoms with E-state index in [9.17, 15) is 18.3 Å². The SMILES string of the molecule is CCc1nc2nc(C(F)(F)F)ccn2c1Cc1cc(Br)c(O)c(Br)c1. The number of halogens is 5. The third-order valence-electron chi connectivity index (χ3n) is 3.75. The Morgan fingerprint density at radius 3 is 2.36 bits per heavy atom. The van der Waals surface area contributed by atoms with Crippen LogP contribution < -0.4 is 0 Å². The summed E-state index contributed by atoms with van der Waals surface area (Å²) in [7, 11) is 0. The molecule has 0 radical (unpaired) electrons. The van der Waals surface area contributed by atoms with Crippen LogP contribution in [0, 0.1) is 0 Å². The summed E-state index contributed by atoms with van der Waals surface area (Å²) in [5, 5.41) is 9.81. The smallest absolute Gasteiger partial charge is 0.433 e. The molecule has 1 N–H and O–H groups in total. The standard InChI is InChI=1S/C16H12Br2F3N3O/c1-2-11-12(7-8-5-9(17)14(25)10(18)6-8)24-4-3-13(16(19,20)21)23-15(24)22-11/h3-6,25H,2,7H2,1H3. The lowest BCUT2D eigenvalue weighted by atomic mass is 10.1. The van der Waals surface area contributed by atoms with Crippen LogP contribution >= 0.6 is 31.9 Å². The number of hydrogen-bond donors (Lipinski definition) is 1. The first-order valence-corrected chi connectivity index (χ1v) is 8.90. The molecule has 0 amide bonds. The van der Waals surface area contributed by atoms with E-state index in [2.05, 4.69) is 41.8 Å². The number of aromatic hydroxyl groups is 1. The fourth-order valence-corrected chi connectivity index (χ4v) is 3.85. The Morgan fingerprint density at radius 1 is 1.16 bits per heavy atom. The van der Waals surface area contributed by atoms with Crippen LogP contribution in [0.3, 0.4) is 0 Å². The second kappa shape index (κ2) is 6.60.